The van der Waals surface area contributed by atoms with E-state index in [-0.39, 0.29) is 5.91 Å². The molecule has 1 aliphatic rings. The molecule has 0 N–H and O–H groups in total. The van der Waals surface area contributed by atoms with Gasteiger partial charge in [-0.3, -0.25) is 4.79 Å². The predicted molar refractivity (Wildman–Crippen MR) is 99.5 cm³/mol. The molecule has 2 heterocycles. The van der Waals surface area contributed by atoms with E-state index < -0.39 is 0 Å². The molecule has 1 aromatic carbocycles. The van der Waals surface area contributed by atoms with E-state index >= 15 is 0 Å². The number of carbonyl (C=O) groups is 1. The smallest absolute Gasteiger partial charge is 0.246 e. The molecule has 0 aliphatic carbocycles. The van der Waals surface area contributed by atoms with E-state index in [0.29, 0.717) is 24.6 Å². The molecule has 0 saturated carbocycles. The fourth-order valence-corrected chi connectivity index (χ4v) is 3.39. The molecule has 0 spiro atoms. The van der Waals surface area contributed by atoms with Gasteiger partial charge in [0.2, 0.25) is 5.91 Å². The Bertz CT molecular complexity index is 716. The van der Waals surface area contributed by atoms with Gasteiger partial charge in [0.1, 0.15) is 11.5 Å². The number of rotatable bonds is 5. The highest BCUT2D eigenvalue weighted by atomic mass is 32.1. The van der Waals surface area contributed by atoms with Gasteiger partial charge in [-0.1, -0.05) is 0 Å². The van der Waals surface area contributed by atoms with Gasteiger partial charge < -0.3 is 19.3 Å². The van der Waals surface area contributed by atoms with Gasteiger partial charge in [-0.05, 0) is 23.8 Å². The lowest BCUT2D eigenvalue weighted by Crippen LogP contribution is -2.48. The topological polar surface area (TPSA) is 54.9 Å². The van der Waals surface area contributed by atoms with Crippen molar-refractivity contribution in [3.05, 3.63) is 41.4 Å². The van der Waals surface area contributed by atoms with E-state index in [1.807, 2.05) is 28.6 Å². The molecule has 0 radical (unpaired) electrons. The summed E-state index contributed by atoms with van der Waals surface area (Å²) < 4.78 is 10.5. The Hall–Kier alpha value is -2.54. The standard InChI is InChI=1S/C18H21N3O3S/c1-23-15-11-14(12-16(13-15)24-2)3-4-17(22)20-6-8-21(9-7-20)18-19-5-10-25-18/h3-5,10-13H,6-9H2,1-2H3/b4-3+. The molecule has 1 amide bonds. The summed E-state index contributed by atoms with van der Waals surface area (Å²) in [4.78, 5) is 20.8. The third-order valence-corrected chi connectivity index (χ3v) is 4.91. The number of nitrogens with zero attached hydrogens (tertiary/aromatic N) is 3. The second kappa shape index (κ2) is 8.02. The van der Waals surface area contributed by atoms with Crippen LogP contribution in [-0.2, 0) is 4.79 Å². The van der Waals surface area contributed by atoms with Gasteiger partial charge in [0.25, 0.3) is 0 Å². The van der Waals surface area contributed by atoms with Crippen LogP contribution in [0.3, 0.4) is 0 Å². The molecule has 0 unspecified atom stereocenters. The molecular weight excluding hydrogens is 338 g/mol. The molecule has 7 heteroatoms. The highest BCUT2D eigenvalue weighted by molar-refractivity contribution is 7.13. The molecule has 6 nitrogen and oxygen atoms in total. The molecule has 1 fully saturated rings. The number of carbonyl (C=O) groups excluding carboxylic acids is 1. The molecule has 0 bridgehead atoms. The minimum atomic E-state index is 0.0144. The number of hydrogen-bond donors (Lipinski definition) is 0. The fraction of sp³-hybridized carbons (Fsp3) is 0.333. The van der Waals surface area contributed by atoms with E-state index in [1.54, 1.807) is 43.8 Å². The number of aromatic nitrogens is 1. The number of anilines is 1. The lowest BCUT2D eigenvalue weighted by Gasteiger charge is -2.34. The summed E-state index contributed by atoms with van der Waals surface area (Å²) in [6, 6.07) is 5.54. The van der Waals surface area contributed by atoms with Gasteiger partial charge in [-0.2, -0.15) is 0 Å². The van der Waals surface area contributed by atoms with Crippen LogP contribution in [0.5, 0.6) is 11.5 Å². The van der Waals surface area contributed by atoms with Crippen LogP contribution in [0, 0.1) is 0 Å². The van der Waals surface area contributed by atoms with Crippen LogP contribution < -0.4 is 14.4 Å². The average molecular weight is 359 g/mol. The molecule has 1 saturated heterocycles. The number of hydrogen-bond acceptors (Lipinski definition) is 6. The first-order valence-electron chi connectivity index (χ1n) is 8.04. The SMILES string of the molecule is COc1cc(/C=C/C(=O)N2CCN(c3nccs3)CC2)cc(OC)c1. The Morgan fingerprint density at radius 1 is 1.12 bits per heavy atom. The lowest BCUT2D eigenvalue weighted by molar-refractivity contribution is -0.126. The quantitative estimate of drug-likeness (QED) is 0.768. The van der Waals surface area contributed by atoms with Crippen molar-refractivity contribution in [2.45, 2.75) is 0 Å². The van der Waals surface area contributed by atoms with Crippen molar-refractivity contribution in [1.29, 1.82) is 0 Å². The van der Waals surface area contributed by atoms with Gasteiger partial charge in [0.15, 0.2) is 5.13 Å². The van der Waals surface area contributed by atoms with E-state index in [4.69, 9.17) is 9.47 Å². The first-order valence-corrected chi connectivity index (χ1v) is 8.92. The zero-order chi connectivity index (χ0) is 17.6. The summed E-state index contributed by atoms with van der Waals surface area (Å²) in [5.74, 6) is 1.41. The largest absolute Gasteiger partial charge is 0.497 e. The Balaban J connectivity index is 1.60. The summed E-state index contributed by atoms with van der Waals surface area (Å²) >= 11 is 1.63. The minimum Gasteiger partial charge on any atom is -0.497 e. The van der Waals surface area contributed by atoms with Gasteiger partial charge in [0.05, 0.1) is 14.2 Å². The Morgan fingerprint density at radius 2 is 1.80 bits per heavy atom. The minimum absolute atomic E-state index is 0.0144. The molecular formula is C18H21N3O3S. The van der Waals surface area contributed by atoms with Gasteiger partial charge >= 0.3 is 0 Å². The summed E-state index contributed by atoms with van der Waals surface area (Å²) in [7, 11) is 3.21. The molecule has 0 atom stereocenters. The van der Waals surface area contributed by atoms with Crippen LogP contribution >= 0.6 is 11.3 Å². The first-order chi connectivity index (χ1) is 12.2. The van der Waals surface area contributed by atoms with Crippen LogP contribution in [0.15, 0.2) is 35.9 Å². The van der Waals surface area contributed by atoms with Crippen molar-refractivity contribution in [2.75, 3.05) is 45.3 Å². The number of benzene rings is 1. The van der Waals surface area contributed by atoms with E-state index in [0.717, 1.165) is 23.8 Å². The number of methoxy groups -OCH3 is 2. The molecule has 25 heavy (non-hydrogen) atoms. The van der Waals surface area contributed by atoms with Crippen molar-refractivity contribution in [1.82, 2.24) is 9.88 Å². The predicted octanol–water partition coefficient (Wildman–Crippen LogP) is 2.52. The van der Waals surface area contributed by atoms with Crippen LogP contribution in [0.25, 0.3) is 6.08 Å². The molecule has 132 valence electrons. The average Bonchev–Trinajstić information content (AvgIpc) is 3.20. The zero-order valence-corrected chi connectivity index (χ0v) is 15.2. The maximum Gasteiger partial charge on any atom is 0.246 e. The van der Waals surface area contributed by atoms with E-state index in [2.05, 4.69) is 9.88 Å². The Labute approximate surface area is 151 Å². The van der Waals surface area contributed by atoms with Crippen LogP contribution in [0.1, 0.15) is 5.56 Å². The van der Waals surface area contributed by atoms with Crippen molar-refractivity contribution >= 4 is 28.5 Å². The molecule has 1 aromatic heterocycles. The van der Waals surface area contributed by atoms with Crippen molar-refractivity contribution < 1.29 is 14.3 Å². The monoisotopic (exact) mass is 359 g/mol. The van der Waals surface area contributed by atoms with Crippen molar-refractivity contribution in [3.63, 3.8) is 0 Å². The van der Waals surface area contributed by atoms with Crippen LogP contribution in [0.4, 0.5) is 5.13 Å². The summed E-state index contributed by atoms with van der Waals surface area (Å²) in [5, 5.41) is 2.99. The molecule has 3 rings (SSSR count). The second-order valence-corrected chi connectivity index (χ2v) is 6.48. The fourth-order valence-electron chi connectivity index (χ4n) is 2.69. The molecule has 1 aliphatic heterocycles. The number of piperazine rings is 1. The van der Waals surface area contributed by atoms with Gasteiger partial charge in [0, 0.05) is 49.9 Å². The summed E-state index contributed by atoms with van der Waals surface area (Å²) in [6.45, 7) is 3.01. The third-order valence-electron chi connectivity index (χ3n) is 4.07. The van der Waals surface area contributed by atoms with E-state index in [1.165, 1.54) is 0 Å². The third kappa shape index (κ3) is 4.30. The second-order valence-electron chi connectivity index (χ2n) is 5.61. The van der Waals surface area contributed by atoms with Crippen LogP contribution in [0.2, 0.25) is 0 Å². The number of thiazole rings is 1. The molecule has 2 aromatic rings. The Morgan fingerprint density at radius 3 is 2.36 bits per heavy atom. The van der Waals surface area contributed by atoms with Gasteiger partial charge in [-0.15, -0.1) is 11.3 Å². The van der Waals surface area contributed by atoms with Crippen LogP contribution in [-0.4, -0.2) is 56.2 Å². The van der Waals surface area contributed by atoms with Gasteiger partial charge in [-0.25, -0.2) is 4.98 Å². The van der Waals surface area contributed by atoms with Crippen molar-refractivity contribution in [3.8, 4) is 11.5 Å². The number of ether oxygens (including phenoxy) is 2. The Kier molecular flexibility index (Phi) is 5.55. The summed E-state index contributed by atoms with van der Waals surface area (Å²) in [6.07, 6.45) is 5.20. The van der Waals surface area contributed by atoms with Crippen molar-refractivity contribution in [2.24, 2.45) is 0 Å². The lowest BCUT2D eigenvalue weighted by atomic mass is 10.2. The maximum atomic E-state index is 12.4. The highest BCUT2D eigenvalue weighted by Crippen LogP contribution is 2.23. The normalized spacial score (nSPS) is 14.8. The van der Waals surface area contributed by atoms with E-state index in [9.17, 15) is 4.79 Å². The number of amides is 1. The zero-order valence-electron chi connectivity index (χ0n) is 14.3. The first kappa shape index (κ1) is 17.3. The maximum absolute atomic E-state index is 12.4. The highest BCUT2D eigenvalue weighted by Gasteiger charge is 2.20. The summed E-state index contributed by atoms with van der Waals surface area (Å²) in [5.41, 5.74) is 0.867.